The second-order valence-electron chi connectivity index (χ2n) is 6.93. The molecule has 0 aliphatic carbocycles. The van der Waals surface area contributed by atoms with Gasteiger partial charge in [0, 0.05) is 6.04 Å². The minimum absolute atomic E-state index is 0.0594. The van der Waals surface area contributed by atoms with E-state index in [2.05, 4.69) is 4.74 Å². The Morgan fingerprint density at radius 2 is 1.93 bits per heavy atom. The Kier molecular flexibility index (Phi) is 8.65. The van der Waals surface area contributed by atoms with Gasteiger partial charge in [-0.3, -0.25) is 4.79 Å². The molecule has 7 nitrogen and oxygen atoms in total. The predicted molar refractivity (Wildman–Crippen MR) is 103 cm³/mol. The maximum atomic E-state index is 11.7. The fourth-order valence-electron chi connectivity index (χ4n) is 2.21. The van der Waals surface area contributed by atoms with Crippen molar-refractivity contribution in [1.29, 1.82) is 0 Å². The molecule has 1 aromatic carbocycles. The first kappa shape index (κ1) is 23.3. The van der Waals surface area contributed by atoms with Gasteiger partial charge in [0.2, 0.25) is 0 Å². The van der Waals surface area contributed by atoms with E-state index in [-0.39, 0.29) is 46.4 Å². The van der Waals surface area contributed by atoms with E-state index < -0.39 is 17.3 Å². The lowest BCUT2D eigenvalue weighted by atomic mass is 10.1. The summed E-state index contributed by atoms with van der Waals surface area (Å²) in [4.78, 5) is 23.3. The van der Waals surface area contributed by atoms with E-state index in [1.807, 2.05) is 0 Å². The molecule has 3 N–H and O–H groups in total. The summed E-state index contributed by atoms with van der Waals surface area (Å²) in [5, 5.41) is 9.88. The van der Waals surface area contributed by atoms with Gasteiger partial charge in [0.05, 0.1) is 25.2 Å². The van der Waals surface area contributed by atoms with E-state index in [1.165, 1.54) is 13.2 Å². The molecule has 9 heteroatoms. The number of phenols is 1. The number of carbonyl (C=O) groups excluding carboxylic acids is 2. The number of aromatic hydroxyl groups is 1. The Morgan fingerprint density at radius 3 is 2.48 bits per heavy atom. The highest BCUT2D eigenvalue weighted by Gasteiger charge is 2.22. The highest BCUT2D eigenvalue weighted by atomic mass is 35.5. The monoisotopic (exact) mass is 421 g/mol. The van der Waals surface area contributed by atoms with Crippen molar-refractivity contribution in [2.75, 3.05) is 13.7 Å². The predicted octanol–water partition coefficient (Wildman–Crippen LogP) is 3.70. The zero-order chi connectivity index (χ0) is 20.8. The van der Waals surface area contributed by atoms with Crippen molar-refractivity contribution in [3.05, 3.63) is 21.7 Å². The van der Waals surface area contributed by atoms with E-state index in [0.717, 1.165) is 0 Å². The maximum absolute atomic E-state index is 11.7. The third-order valence-electron chi connectivity index (χ3n) is 3.37. The first-order valence-corrected chi connectivity index (χ1v) is 9.11. The third-order valence-corrected chi connectivity index (χ3v) is 4.00. The van der Waals surface area contributed by atoms with Crippen LogP contribution in [0.5, 0.6) is 11.5 Å². The summed E-state index contributed by atoms with van der Waals surface area (Å²) in [7, 11) is 1.18. The number of methoxy groups -OCH3 is 1. The van der Waals surface area contributed by atoms with Crippen LogP contribution in [0.3, 0.4) is 0 Å². The Labute approximate surface area is 168 Å². The lowest BCUT2D eigenvalue weighted by Crippen LogP contribution is -2.30. The lowest BCUT2D eigenvalue weighted by Gasteiger charge is -2.21. The summed E-state index contributed by atoms with van der Waals surface area (Å²) in [6.07, 6.45) is 1.14. The van der Waals surface area contributed by atoms with Gasteiger partial charge in [-0.15, -0.1) is 0 Å². The van der Waals surface area contributed by atoms with Gasteiger partial charge >= 0.3 is 11.9 Å². The van der Waals surface area contributed by atoms with Gasteiger partial charge in [-0.05, 0) is 39.7 Å². The molecular formula is C18H25Cl2NO6. The molecule has 27 heavy (non-hydrogen) atoms. The van der Waals surface area contributed by atoms with E-state index in [1.54, 1.807) is 20.8 Å². The molecule has 152 valence electrons. The van der Waals surface area contributed by atoms with Crippen molar-refractivity contribution in [3.8, 4) is 11.5 Å². The summed E-state index contributed by atoms with van der Waals surface area (Å²) >= 11 is 12.1. The van der Waals surface area contributed by atoms with Gasteiger partial charge in [0.1, 0.15) is 16.2 Å². The molecule has 0 saturated heterocycles. The van der Waals surface area contributed by atoms with Crippen molar-refractivity contribution in [3.63, 3.8) is 0 Å². The Hall–Kier alpha value is -1.70. The Morgan fingerprint density at radius 1 is 1.30 bits per heavy atom. The second-order valence-corrected chi connectivity index (χ2v) is 7.72. The SMILES string of the molecule is COC(=O)c1cc(Cl)c(OCCCC(N)CC(=O)OC(C)(C)C)c(Cl)c1O. The van der Waals surface area contributed by atoms with Crippen LogP contribution in [0.25, 0.3) is 0 Å². The number of carbonyl (C=O) groups is 2. The van der Waals surface area contributed by atoms with Gasteiger partial charge in [0.25, 0.3) is 0 Å². The highest BCUT2D eigenvalue weighted by Crippen LogP contribution is 2.42. The van der Waals surface area contributed by atoms with Gasteiger partial charge in [-0.2, -0.15) is 0 Å². The van der Waals surface area contributed by atoms with Gasteiger partial charge < -0.3 is 25.1 Å². The average Bonchev–Trinajstić information content (AvgIpc) is 2.54. The Bertz CT molecular complexity index is 687. The van der Waals surface area contributed by atoms with Crippen LogP contribution in [0.1, 0.15) is 50.4 Å². The van der Waals surface area contributed by atoms with Crippen LogP contribution >= 0.6 is 23.2 Å². The van der Waals surface area contributed by atoms with Gasteiger partial charge in [0.15, 0.2) is 11.5 Å². The number of halogens is 2. The fourth-order valence-corrected chi connectivity index (χ4v) is 2.77. The van der Waals surface area contributed by atoms with Gasteiger partial charge in [-0.1, -0.05) is 23.2 Å². The lowest BCUT2D eigenvalue weighted by molar-refractivity contribution is -0.155. The van der Waals surface area contributed by atoms with Crippen molar-refractivity contribution in [2.45, 2.75) is 51.7 Å². The second kappa shape index (κ2) is 10.0. The fraction of sp³-hybridized carbons (Fsp3) is 0.556. The summed E-state index contributed by atoms with van der Waals surface area (Å²) < 4.78 is 15.3. The molecule has 0 fully saturated rings. The van der Waals surface area contributed by atoms with E-state index in [9.17, 15) is 14.7 Å². The number of nitrogens with two attached hydrogens (primary N) is 1. The molecule has 1 unspecified atom stereocenters. The molecule has 0 aliphatic heterocycles. The van der Waals surface area contributed by atoms with Crippen molar-refractivity contribution >= 4 is 35.1 Å². The average molecular weight is 422 g/mol. The molecule has 0 aliphatic rings. The van der Waals surface area contributed by atoms with Crippen LogP contribution in [0, 0.1) is 0 Å². The molecule has 1 rings (SSSR count). The molecule has 0 radical (unpaired) electrons. The molecule has 0 aromatic heterocycles. The Balaban J connectivity index is 2.56. The highest BCUT2D eigenvalue weighted by molar-refractivity contribution is 6.38. The standard InChI is InChI=1S/C18H25Cl2NO6/c1-18(2,3)27-13(22)8-10(21)6-5-7-26-16-12(19)9-11(17(24)25-4)15(23)14(16)20/h9-10,23H,5-8,21H2,1-4H3. The quantitative estimate of drug-likeness (QED) is 0.486. The van der Waals surface area contributed by atoms with Crippen LogP contribution < -0.4 is 10.5 Å². The van der Waals surface area contributed by atoms with Crippen LogP contribution in [0.4, 0.5) is 0 Å². The van der Waals surface area contributed by atoms with E-state index in [4.69, 9.17) is 38.4 Å². The zero-order valence-corrected chi connectivity index (χ0v) is 17.3. The van der Waals surface area contributed by atoms with Crippen LogP contribution in [-0.2, 0) is 14.3 Å². The van der Waals surface area contributed by atoms with Crippen molar-refractivity contribution in [2.24, 2.45) is 5.73 Å². The molecule has 0 bridgehead atoms. The van der Waals surface area contributed by atoms with Crippen LogP contribution in [-0.4, -0.2) is 42.4 Å². The molecule has 0 saturated carbocycles. The van der Waals surface area contributed by atoms with Crippen molar-refractivity contribution < 1.29 is 28.9 Å². The summed E-state index contributed by atoms with van der Waals surface area (Å²) in [6.45, 7) is 5.58. The van der Waals surface area contributed by atoms with E-state index >= 15 is 0 Å². The molecule has 0 amide bonds. The maximum Gasteiger partial charge on any atom is 0.341 e. The minimum atomic E-state index is -0.768. The molecular weight excluding hydrogens is 397 g/mol. The number of phenolic OH excluding ortho intramolecular Hbond substituents is 1. The summed E-state index contributed by atoms with van der Waals surface area (Å²) in [5.41, 5.74) is 5.22. The molecule has 1 aromatic rings. The first-order chi connectivity index (χ1) is 12.5. The number of hydrogen-bond donors (Lipinski definition) is 2. The summed E-state index contributed by atoms with van der Waals surface area (Å²) in [5.74, 6) is -1.53. The first-order valence-electron chi connectivity index (χ1n) is 8.35. The number of benzene rings is 1. The van der Waals surface area contributed by atoms with Crippen LogP contribution in [0.2, 0.25) is 10.0 Å². The number of rotatable bonds is 8. The zero-order valence-electron chi connectivity index (χ0n) is 15.8. The van der Waals surface area contributed by atoms with E-state index in [0.29, 0.717) is 12.8 Å². The third kappa shape index (κ3) is 7.44. The summed E-state index contributed by atoms with van der Waals surface area (Å²) in [6, 6.07) is 0.850. The molecule has 1 atom stereocenters. The minimum Gasteiger partial charge on any atom is -0.505 e. The van der Waals surface area contributed by atoms with Crippen LogP contribution in [0.15, 0.2) is 6.07 Å². The molecule has 0 spiro atoms. The number of esters is 2. The largest absolute Gasteiger partial charge is 0.505 e. The topological polar surface area (TPSA) is 108 Å². The smallest absolute Gasteiger partial charge is 0.341 e. The molecule has 0 heterocycles. The normalized spacial score (nSPS) is 12.4. The van der Waals surface area contributed by atoms with Crippen molar-refractivity contribution in [1.82, 2.24) is 0 Å². The van der Waals surface area contributed by atoms with Gasteiger partial charge in [-0.25, -0.2) is 4.79 Å². The number of ether oxygens (including phenoxy) is 3. The number of hydrogen-bond acceptors (Lipinski definition) is 7.